The van der Waals surface area contributed by atoms with Gasteiger partial charge in [0.05, 0.1) is 16.6 Å². The van der Waals surface area contributed by atoms with Crippen molar-refractivity contribution in [1.29, 1.82) is 0 Å². The first-order chi connectivity index (χ1) is 15.5. The number of hydrogen-bond acceptors (Lipinski definition) is 7. The van der Waals surface area contributed by atoms with Gasteiger partial charge in [0.2, 0.25) is 12.7 Å². The summed E-state index contributed by atoms with van der Waals surface area (Å²) in [5, 5.41) is 3.21. The van der Waals surface area contributed by atoms with Gasteiger partial charge < -0.3 is 19.7 Å². The molecule has 1 aromatic carbocycles. The normalized spacial score (nSPS) is 15.2. The summed E-state index contributed by atoms with van der Waals surface area (Å²) in [7, 11) is 0. The average Bonchev–Trinajstić information content (AvgIpc) is 3.40. The number of aryl methyl sites for hydroxylation is 1. The van der Waals surface area contributed by atoms with E-state index in [1.54, 1.807) is 30.0 Å². The molecule has 0 bridgehead atoms. The summed E-state index contributed by atoms with van der Waals surface area (Å²) < 4.78 is 12.0. The van der Waals surface area contributed by atoms with Crippen molar-refractivity contribution in [2.24, 2.45) is 0 Å². The number of likely N-dealkylation sites (tertiary alicyclic amines) is 1. The lowest BCUT2D eigenvalue weighted by Gasteiger charge is -2.26. The summed E-state index contributed by atoms with van der Waals surface area (Å²) in [4.78, 5) is 45.6. The highest BCUT2D eigenvalue weighted by Gasteiger charge is 2.22. The highest BCUT2D eigenvalue weighted by molar-refractivity contribution is 7.20. The lowest BCUT2D eigenvalue weighted by Crippen LogP contribution is -2.39. The number of benzene rings is 1. The molecule has 4 heterocycles. The molecule has 0 radical (unpaired) electrons. The Balaban J connectivity index is 1.39. The molecule has 2 aromatic heterocycles. The summed E-state index contributed by atoms with van der Waals surface area (Å²) in [5.74, 6) is 0.782. The van der Waals surface area contributed by atoms with Gasteiger partial charge in [-0.25, -0.2) is 4.98 Å². The molecule has 0 unspecified atom stereocenters. The van der Waals surface area contributed by atoms with E-state index in [0.717, 1.165) is 43.7 Å². The number of aromatic nitrogens is 2. The molecule has 3 aromatic rings. The minimum absolute atomic E-state index is 0.0458. The molecule has 2 aliphatic heterocycles. The van der Waals surface area contributed by atoms with Crippen LogP contribution in [0.1, 0.15) is 34.5 Å². The maximum absolute atomic E-state index is 13.1. The van der Waals surface area contributed by atoms with E-state index in [1.807, 2.05) is 0 Å². The highest BCUT2D eigenvalue weighted by Crippen LogP contribution is 2.35. The largest absolute Gasteiger partial charge is 0.454 e. The van der Waals surface area contributed by atoms with Gasteiger partial charge in [-0.1, -0.05) is 0 Å². The highest BCUT2D eigenvalue weighted by atomic mass is 32.1. The van der Waals surface area contributed by atoms with Crippen molar-refractivity contribution in [3.63, 3.8) is 0 Å². The fourth-order valence-corrected chi connectivity index (χ4v) is 5.07. The molecular weight excluding hydrogens is 432 g/mol. The predicted octanol–water partition coefficient (Wildman–Crippen LogP) is 2.76. The number of anilines is 1. The van der Waals surface area contributed by atoms with Gasteiger partial charge in [-0.3, -0.25) is 19.0 Å². The third-order valence-corrected chi connectivity index (χ3v) is 6.97. The third-order valence-electron chi connectivity index (χ3n) is 5.77. The number of fused-ring (bicyclic) bond motifs is 2. The second kappa shape index (κ2) is 8.27. The van der Waals surface area contributed by atoms with Crippen molar-refractivity contribution in [2.75, 3.05) is 25.2 Å². The van der Waals surface area contributed by atoms with Crippen LogP contribution in [0.15, 0.2) is 29.3 Å². The molecule has 5 rings (SSSR count). The minimum Gasteiger partial charge on any atom is -0.454 e. The Labute approximate surface area is 187 Å². The van der Waals surface area contributed by atoms with Crippen molar-refractivity contribution in [1.82, 2.24) is 14.5 Å². The molecular formula is C22H22N4O5S. The van der Waals surface area contributed by atoms with Gasteiger partial charge in [0.1, 0.15) is 11.4 Å². The Hall–Kier alpha value is -3.40. The Kier molecular flexibility index (Phi) is 5.30. The van der Waals surface area contributed by atoms with Gasteiger partial charge >= 0.3 is 0 Å². The van der Waals surface area contributed by atoms with Crippen LogP contribution in [-0.4, -0.2) is 46.1 Å². The molecule has 166 valence electrons. The van der Waals surface area contributed by atoms with Crippen molar-refractivity contribution >= 4 is 39.1 Å². The number of hydrogen-bond donors (Lipinski definition) is 1. The van der Waals surface area contributed by atoms with Crippen LogP contribution in [-0.2, 0) is 11.3 Å². The summed E-state index contributed by atoms with van der Waals surface area (Å²) >= 11 is 1.16. The van der Waals surface area contributed by atoms with Gasteiger partial charge in [0.25, 0.3) is 11.5 Å². The van der Waals surface area contributed by atoms with Crippen LogP contribution < -0.4 is 20.3 Å². The number of carbonyl (C=O) groups excluding carboxylic acids is 2. The SMILES string of the molecule is Cc1c(C(=O)Nc2ccc3c(c2)OCO3)sc2ncn(CC(=O)N3CCCCC3)c(=O)c12. The van der Waals surface area contributed by atoms with E-state index in [1.165, 1.54) is 10.9 Å². The minimum atomic E-state index is -0.334. The Morgan fingerprint density at radius 2 is 1.94 bits per heavy atom. The quantitative estimate of drug-likeness (QED) is 0.650. The van der Waals surface area contributed by atoms with E-state index < -0.39 is 0 Å². The van der Waals surface area contributed by atoms with Crippen LogP contribution in [0.2, 0.25) is 0 Å². The van der Waals surface area contributed by atoms with E-state index in [9.17, 15) is 14.4 Å². The maximum Gasteiger partial charge on any atom is 0.266 e. The number of ether oxygens (including phenoxy) is 2. The van der Waals surface area contributed by atoms with Gasteiger partial charge in [-0.2, -0.15) is 0 Å². The van der Waals surface area contributed by atoms with Crippen molar-refractivity contribution < 1.29 is 19.1 Å². The maximum atomic E-state index is 13.1. The van der Waals surface area contributed by atoms with Gasteiger partial charge in [-0.15, -0.1) is 11.3 Å². The Morgan fingerprint density at radius 3 is 2.75 bits per heavy atom. The van der Waals surface area contributed by atoms with Crippen LogP contribution >= 0.6 is 11.3 Å². The van der Waals surface area contributed by atoms with Crippen molar-refractivity contribution in [3.05, 3.63) is 45.3 Å². The smallest absolute Gasteiger partial charge is 0.266 e. The molecule has 32 heavy (non-hydrogen) atoms. The zero-order chi connectivity index (χ0) is 22.2. The number of nitrogens with zero attached hydrogens (tertiary/aromatic N) is 3. The fraction of sp³-hybridized carbons (Fsp3) is 0.364. The zero-order valence-corrected chi connectivity index (χ0v) is 18.4. The first-order valence-electron chi connectivity index (χ1n) is 10.5. The second-order valence-electron chi connectivity index (χ2n) is 7.88. The molecule has 0 spiro atoms. The molecule has 1 N–H and O–H groups in total. The van der Waals surface area contributed by atoms with Gasteiger partial charge in [0.15, 0.2) is 11.5 Å². The van der Waals surface area contributed by atoms with Crippen LogP contribution in [0.25, 0.3) is 10.2 Å². The average molecular weight is 455 g/mol. The number of piperidine rings is 1. The molecule has 1 saturated heterocycles. The van der Waals surface area contributed by atoms with Gasteiger partial charge in [-0.05, 0) is 43.9 Å². The topological polar surface area (TPSA) is 103 Å². The Morgan fingerprint density at radius 1 is 1.16 bits per heavy atom. The standard InChI is InChI=1S/C22H22N4O5S/c1-13-18-21(23-11-26(22(18)29)10-17(27)25-7-3-2-4-8-25)32-19(13)20(28)24-14-5-6-15-16(9-14)31-12-30-15/h5-6,9,11H,2-4,7-8,10,12H2,1H3,(H,24,28). The first kappa shape index (κ1) is 20.5. The monoisotopic (exact) mass is 454 g/mol. The molecule has 10 heteroatoms. The number of thiophene rings is 1. The molecule has 2 amide bonds. The lowest BCUT2D eigenvalue weighted by molar-refractivity contribution is -0.132. The second-order valence-corrected chi connectivity index (χ2v) is 8.88. The molecule has 0 saturated carbocycles. The number of amides is 2. The molecule has 2 aliphatic rings. The first-order valence-corrected chi connectivity index (χ1v) is 11.3. The summed E-state index contributed by atoms with van der Waals surface area (Å²) in [5.41, 5.74) is 0.811. The van der Waals surface area contributed by atoms with E-state index >= 15 is 0 Å². The summed E-state index contributed by atoms with van der Waals surface area (Å²) in [6, 6.07) is 5.15. The van der Waals surface area contributed by atoms with E-state index in [4.69, 9.17) is 9.47 Å². The molecule has 9 nitrogen and oxygen atoms in total. The van der Waals surface area contributed by atoms with E-state index in [2.05, 4.69) is 10.3 Å². The van der Waals surface area contributed by atoms with Crippen LogP contribution in [0.3, 0.4) is 0 Å². The van der Waals surface area contributed by atoms with Crippen molar-refractivity contribution in [3.8, 4) is 11.5 Å². The molecule has 0 atom stereocenters. The fourth-order valence-electron chi connectivity index (χ4n) is 4.04. The van der Waals surface area contributed by atoms with Crippen LogP contribution in [0.5, 0.6) is 11.5 Å². The zero-order valence-electron chi connectivity index (χ0n) is 17.6. The van der Waals surface area contributed by atoms with Crippen LogP contribution in [0, 0.1) is 6.92 Å². The van der Waals surface area contributed by atoms with E-state index in [-0.39, 0.29) is 30.7 Å². The third kappa shape index (κ3) is 3.70. The summed E-state index contributed by atoms with van der Waals surface area (Å²) in [6.45, 7) is 3.29. The van der Waals surface area contributed by atoms with Crippen LogP contribution in [0.4, 0.5) is 5.69 Å². The van der Waals surface area contributed by atoms with Crippen molar-refractivity contribution in [2.45, 2.75) is 32.7 Å². The number of rotatable bonds is 4. The number of carbonyl (C=O) groups is 2. The predicted molar refractivity (Wildman–Crippen MR) is 120 cm³/mol. The van der Waals surface area contributed by atoms with Gasteiger partial charge in [0, 0.05) is 24.8 Å². The summed E-state index contributed by atoms with van der Waals surface area (Å²) in [6.07, 6.45) is 4.50. The van der Waals surface area contributed by atoms with E-state index in [0.29, 0.717) is 37.8 Å². The lowest BCUT2D eigenvalue weighted by atomic mass is 10.1. The molecule has 1 fully saturated rings. The molecule has 0 aliphatic carbocycles. The number of nitrogens with one attached hydrogen (secondary N) is 1. The Bertz CT molecular complexity index is 1280.